The van der Waals surface area contributed by atoms with Gasteiger partial charge in [0.05, 0.1) is 13.2 Å². The minimum atomic E-state index is -5.01. The second kappa shape index (κ2) is 10.5. The number of phosphoric acid groups is 2. The molecule has 0 radical (unpaired) electrons. The topological polar surface area (TPSA) is 258 Å². The molecule has 0 aliphatic carbocycles. The summed E-state index contributed by atoms with van der Waals surface area (Å²) in [4.78, 5) is 56.0. The fourth-order valence-corrected chi connectivity index (χ4v) is 2.00. The van der Waals surface area contributed by atoms with Crippen molar-refractivity contribution >= 4 is 27.9 Å². The summed E-state index contributed by atoms with van der Waals surface area (Å²) >= 11 is 0. The van der Waals surface area contributed by atoms with Crippen LogP contribution in [-0.2, 0) is 32.5 Å². The van der Waals surface area contributed by atoms with E-state index < -0.39 is 65.3 Å². The van der Waals surface area contributed by atoms with E-state index in [9.17, 15) is 39.1 Å². The molecule has 0 saturated carbocycles. The second-order valence-corrected chi connectivity index (χ2v) is 7.15. The van der Waals surface area contributed by atoms with Crippen molar-refractivity contribution in [1.29, 1.82) is 0 Å². The number of hydrogen-bond donors (Lipinski definition) is 8. The Labute approximate surface area is 145 Å². The van der Waals surface area contributed by atoms with Gasteiger partial charge in [0.15, 0.2) is 18.5 Å². The van der Waals surface area contributed by atoms with Crippen LogP contribution in [0.5, 0.6) is 0 Å². The number of hydrogen-bond acceptors (Lipinski definition) is 11. The Kier molecular flexibility index (Phi) is 10.2. The number of carbonyl (C=O) groups is 2. The summed E-state index contributed by atoms with van der Waals surface area (Å²) in [6, 6.07) is 0. The molecule has 0 heterocycles. The fraction of sp³-hybridized carbons (Fsp3) is 0.778. The zero-order valence-corrected chi connectivity index (χ0v) is 14.5. The molecule has 26 heavy (non-hydrogen) atoms. The molecule has 0 bridgehead atoms. The van der Waals surface area contributed by atoms with Gasteiger partial charge in [-0.3, -0.25) is 13.8 Å². The SMILES string of the molecule is O=C[C@H](OC(=O)C(O)COP(=O)(O)O)[C@@H](O)[C@H](O)[C@H](O)COP(=O)(O)O. The molecule has 0 aromatic rings. The molecule has 1 unspecified atom stereocenters. The highest BCUT2D eigenvalue weighted by atomic mass is 31.2. The Morgan fingerprint density at radius 2 is 1.35 bits per heavy atom. The van der Waals surface area contributed by atoms with Gasteiger partial charge in [0.1, 0.15) is 18.3 Å². The van der Waals surface area contributed by atoms with Crippen molar-refractivity contribution in [2.24, 2.45) is 0 Å². The van der Waals surface area contributed by atoms with Crippen LogP contribution in [0.15, 0.2) is 0 Å². The molecule has 5 atom stereocenters. The van der Waals surface area contributed by atoms with Crippen LogP contribution in [-0.4, -0.2) is 96.0 Å². The number of aliphatic hydroxyl groups is 4. The van der Waals surface area contributed by atoms with E-state index in [1.807, 2.05) is 0 Å². The number of ether oxygens (including phenoxy) is 1. The first-order valence-corrected chi connectivity index (χ1v) is 9.52. The first-order chi connectivity index (χ1) is 11.7. The van der Waals surface area contributed by atoms with Crippen LogP contribution < -0.4 is 0 Å². The molecular formula is C9H18O15P2. The van der Waals surface area contributed by atoms with Crippen LogP contribution in [0.2, 0.25) is 0 Å². The molecule has 0 amide bonds. The predicted octanol–water partition coefficient (Wildman–Crippen LogP) is -4.24. The largest absolute Gasteiger partial charge is 0.469 e. The molecule has 15 nitrogen and oxygen atoms in total. The maximum Gasteiger partial charge on any atom is 0.469 e. The van der Waals surface area contributed by atoms with Crippen molar-refractivity contribution in [3.8, 4) is 0 Å². The van der Waals surface area contributed by atoms with E-state index in [-0.39, 0.29) is 6.29 Å². The first-order valence-electron chi connectivity index (χ1n) is 6.46. The average Bonchev–Trinajstić information content (AvgIpc) is 2.52. The third kappa shape index (κ3) is 10.4. The van der Waals surface area contributed by atoms with Gasteiger partial charge in [-0.05, 0) is 0 Å². The number of aldehydes is 1. The van der Waals surface area contributed by atoms with Gasteiger partial charge >= 0.3 is 21.6 Å². The van der Waals surface area contributed by atoms with Gasteiger partial charge in [0.25, 0.3) is 0 Å². The summed E-state index contributed by atoms with van der Waals surface area (Å²) in [6.45, 7) is -2.37. The highest BCUT2D eigenvalue weighted by Crippen LogP contribution is 2.36. The van der Waals surface area contributed by atoms with Gasteiger partial charge in [-0.2, -0.15) is 0 Å². The lowest BCUT2D eigenvalue weighted by Gasteiger charge is -2.26. The standard InChI is InChI=1S/C9H18O15P2/c10-1-6(24-9(15)5(12)3-23-26(19,20)21)8(14)7(13)4(11)2-22-25(16,17)18/h1,4-8,11-14H,2-3H2,(H2,16,17,18)(H2,19,20,21)/t4-,5?,6+,7-,8-/m1/s1. The molecule has 0 fully saturated rings. The third-order valence-electron chi connectivity index (χ3n) is 2.55. The maximum atomic E-state index is 11.4. The normalized spacial score (nSPS) is 18.5. The summed E-state index contributed by atoms with van der Waals surface area (Å²) in [5.41, 5.74) is 0. The third-order valence-corrected chi connectivity index (χ3v) is 3.52. The van der Waals surface area contributed by atoms with Crippen LogP contribution >= 0.6 is 15.6 Å². The first kappa shape index (κ1) is 25.2. The van der Waals surface area contributed by atoms with Gasteiger partial charge in [-0.1, -0.05) is 0 Å². The minimum absolute atomic E-state index is 0.209. The summed E-state index contributed by atoms with van der Waals surface area (Å²) in [6.07, 6.45) is -11.3. The highest BCUT2D eigenvalue weighted by Gasteiger charge is 2.36. The quantitative estimate of drug-likeness (QED) is 0.0831. The number of phosphoric ester groups is 2. The number of esters is 1. The molecule has 8 N–H and O–H groups in total. The van der Waals surface area contributed by atoms with Gasteiger partial charge < -0.3 is 44.7 Å². The lowest BCUT2D eigenvalue weighted by atomic mass is 10.0. The zero-order chi connectivity index (χ0) is 20.7. The van der Waals surface area contributed by atoms with Crippen LogP contribution in [0.1, 0.15) is 0 Å². The Balaban J connectivity index is 4.74. The number of carbonyl (C=O) groups excluding carboxylic acids is 2. The van der Waals surface area contributed by atoms with Crippen LogP contribution in [0.3, 0.4) is 0 Å². The van der Waals surface area contributed by atoms with Crippen molar-refractivity contribution in [2.75, 3.05) is 13.2 Å². The van der Waals surface area contributed by atoms with E-state index in [0.717, 1.165) is 0 Å². The monoisotopic (exact) mass is 428 g/mol. The average molecular weight is 428 g/mol. The zero-order valence-electron chi connectivity index (χ0n) is 12.7. The van der Waals surface area contributed by atoms with Crippen LogP contribution in [0, 0.1) is 0 Å². The van der Waals surface area contributed by atoms with Crippen molar-refractivity contribution < 1.29 is 72.5 Å². The molecule has 0 spiro atoms. The summed E-state index contributed by atoms with van der Waals surface area (Å²) in [7, 11) is -10.0. The number of rotatable bonds is 12. The van der Waals surface area contributed by atoms with Gasteiger partial charge in [0, 0.05) is 0 Å². The van der Waals surface area contributed by atoms with E-state index >= 15 is 0 Å². The second-order valence-electron chi connectivity index (χ2n) is 4.67. The fourth-order valence-electron chi connectivity index (χ4n) is 1.32. The van der Waals surface area contributed by atoms with E-state index in [1.54, 1.807) is 0 Å². The predicted molar refractivity (Wildman–Crippen MR) is 76.0 cm³/mol. The maximum absolute atomic E-state index is 11.4. The molecule has 17 heteroatoms. The molecule has 0 rings (SSSR count). The van der Waals surface area contributed by atoms with Gasteiger partial charge in [0.2, 0.25) is 0 Å². The van der Waals surface area contributed by atoms with E-state index in [1.165, 1.54) is 0 Å². The summed E-state index contributed by atoms with van der Waals surface area (Å²) < 4.78 is 32.9. The Hall–Kier alpha value is -0.800. The van der Waals surface area contributed by atoms with Crippen molar-refractivity contribution in [1.82, 2.24) is 0 Å². The Morgan fingerprint density at radius 1 is 0.885 bits per heavy atom. The summed E-state index contributed by atoms with van der Waals surface area (Å²) in [5.74, 6) is -1.66. The lowest BCUT2D eigenvalue weighted by molar-refractivity contribution is -0.176. The smallest absolute Gasteiger partial charge is 0.450 e. The molecule has 0 saturated heterocycles. The van der Waals surface area contributed by atoms with Gasteiger partial charge in [-0.25, -0.2) is 13.9 Å². The van der Waals surface area contributed by atoms with Gasteiger partial charge in [-0.15, -0.1) is 0 Å². The lowest BCUT2D eigenvalue weighted by Crippen LogP contribution is -2.49. The summed E-state index contributed by atoms with van der Waals surface area (Å²) in [5, 5.41) is 37.9. The minimum Gasteiger partial charge on any atom is -0.450 e. The molecule has 0 aliphatic heterocycles. The van der Waals surface area contributed by atoms with E-state index in [4.69, 9.17) is 19.6 Å². The Bertz CT molecular complexity index is 553. The Morgan fingerprint density at radius 3 is 1.77 bits per heavy atom. The van der Waals surface area contributed by atoms with E-state index in [2.05, 4.69) is 13.8 Å². The molecule has 0 aromatic carbocycles. The van der Waals surface area contributed by atoms with Crippen LogP contribution in [0.4, 0.5) is 0 Å². The molecule has 0 aromatic heterocycles. The molecular weight excluding hydrogens is 410 g/mol. The molecule has 0 aliphatic rings. The van der Waals surface area contributed by atoms with Crippen molar-refractivity contribution in [3.63, 3.8) is 0 Å². The number of aliphatic hydroxyl groups excluding tert-OH is 4. The van der Waals surface area contributed by atoms with Crippen LogP contribution in [0.25, 0.3) is 0 Å². The molecule has 154 valence electrons. The highest BCUT2D eigenvalue weighted by molar-refractivity contribution is 7.46. The van der Waals surface area contributed by atoms with Crippen molar-refractivity contribution in [2.45, 2.75) is 30.5 Å². The van der Waals surface area contributed by atoms with Crippen molar-refractivity contribution in [3.05, 3.63) is 0 Å². The van der Waals surface area contributed by atoms with E-state index in [0.29, 0.717) is 0 Å².